The standard InChI is InChI=1S/C30H22N2O4/c1-19-26(33)22-15-10-16-23(28(22)36-27(19)20-11-4-2-5-12-20)30(35)32-25-18-9-8-17-24(25)31-29(34)21-13-6-3-7-14-21/h2-18H,1H3,(H,31,34)(H,32,35). The summed E-state index contributed by atoms with van der Waals surface area (Å²) in [7, 11) is 0. The molecule has 0 unspecified atom stereocenters. The summed E-state index contributed by atoms with van der Waals surface area (Å²) in [4.78, 5) is 39.2. The molecule has 6 nitrogen and oxygen atoms in total. The molecule has 0 radical (unpaired) electrons. The van der Waals surface area contributed by atoms with Crippen molar-refractivity contribution in [2.24, 2.45) is 0 Å². The second kappa shape index (κ2) is 9.72. The van der Waals surface area contributed by atoms with Gasteiger partial charge in [-0.15, -0.1) is 0 Å². The van der Waals surface area contributed by atoms with Crippen LogP contribution in [0.1, 0.15) is 26.3 Å². The van der Waals surface area contributed by atoms with Gasteiger partial charge in [-0.25, -0.2) is 0 Å². The third kappa shape index (κ3) is 4.40. The number of amides is 2. The van der Waals surface area contributed by atoms with Crippen molar-refractivity contribution in [2.45, 2.75) is 6.92 Å². The molecular weight excluding hydrogens is 452 g/mol. The van der Waals surface area contributed by atoms with Crippen LogP contribution in [0.2, 0.25) is 0 Å². The number of rotatable bonds is 5. The van der Waals surface area contributed by atoms with Crippen molar-refractivity contribution in [3.8, 4) is 11.3 Å². The van der Waals surface area contributed by atoms with E-state index in [1.165, 1.54) is 0 Å². The van der Waals surface area contributed by atoms with Crippen molar-refractivity contribution in [1.82, 2.24) is 0 Å². The van der Waals surface area contributed by atoms with E-state index in [1.54, 1.807) is 73.7 Å². The third-order valence-electron chi connectivity index (χ3n) is 5.89. The molecule has 176 valence electrons. The Morgan fingerprint density at radius 1 is 0.667 bits per heavy atom. The van der Waals surface area contributed by atoms with Crippen molar-refractivity contribution in [3.05, 3.63) is 130 Å². The Morgan fingerprint density at radius 3 is 1.92 bits per heavy atom. The van der Waals surface area contributed by atoms with Gasteiger partial charge in [0.05, 0.1) is 22.3 Å². The molecule has 0 aliphatic rings. The van der Waals surface area contributed by atoms with Crippen LogP contribution in [0, 0.1) is 6.92 Å². The molecule has 6 heteroatoms. The first-order valence-electron chi connectivity index (χ1n) is 11.4. The first kappa shape index (κ1) is 22.8. The van der Waals surface area contributed by atoms with E-state index in [2.05, 4.69) is 10.6 Å². The fraction of sp³-hybridized carbons (Fsp3) is 0.0333. The number of para-hydroxylation sites is 3. The van der Waals surface area contributed by atoms with E-state index in [4.69, 9.17) is 4.42 Å². The molecule has 4 aromatic carbocycles. The van der Waals surface area contributed by atoms with E-state index in [9.17, 15) is 14.4 Å². The molecule has 2 N–H and O–H groups in total. The van der Waals surface area contributed by atoms with Crippen LogP contribution in [0.25, 0.3) is 22.3 Å². The van der Waals surface area contributed by atoms with Crippen molar-refractivity contribution < 1.29 is 14.0 Å². The minimum Gasteiger partial charge on any atom is -0.455 e. The molecule has 1 heterocycles. The SMILES string of the molecule is Cc1c(-c2ccccc2)oc2c(C(=O)Nc3ccccc3NC(=O)c3ccccc3)cccc2c1=O. The molecule has 0 saturated carbocycles. The summed E-state index contributed by atoms with van der Waals surface area (Å²) in [5.74, 6) is -0.340. The first-order valence-corrected chi connectivity index (χ1v) is 11.4. The van der Waals surface area contributed by atoms with Gasteiger partial charge in [0.2, 0.25) is 0 Å². The normalized spacial score (nSPS) is 10.7. The van der Waals surface area contributed by atoms with Crippen LogP contribution in [0.4, 0.5) is 11.4 Å². The van der Waals surface area contributed by atoms with Crippen molar-refractivity contribution in [3.63, 3.8) is 0 Å². The molecule has 0 saturated heterocycles. The Labute approximate surface area is 207 Å². The number of nitrogens with one attached hydrogen (secondary N) is 2. The van der Waals surface area contributed by atoms with Crippen molar-refractivity contribution >= 4 is 34.2 Å². The zero-order valence-corrected chi connectivity index (χ0v) is 19.4. The molecule has 1 aromatic heterocycles. The molecule has 36 heavy (non-hydrogen) atoms. The largest absolute Gasteiger partial charge is 0.455 e. The van der Waals surface area contributed by atoms with Crippen LogP contribution in [-0.4, -0.2) is 11.8 Å². The van der Waals surface area contributed by atoms with Crippen LogP contribution in [-0.2, 0) is 0 Å². The average Bonchev–Trinajstić information content (AvgIpc) is 2.92. The van der Waals surface area contributed by atoms with Crippen molar-refractivity contribution in [1.29, 1.82) is 0 Å². The molecule has 5 rings (SSSR count). The van der Waals surface area contributed by atoms with Crippen LogP contribution in [0.3, 0.4) is 0 Å². The summed E-state index contributed by atoms with van der Waals surface area (Å²) < 4.78 is 6.17. The van der Waals surface area contributed by atoms with Gasteiger partial charge in [0.25, 0.3) is 11.8 Å². The van der Waals surface area contributed by atoms with Gasteiger partial charge in [0, 0.05) is 16.7 Å². The summed E-state index contributed by atoms with van der Waals surface area (Å²) >= 11 is 0. The molecule has 0 fully saturated rings. The number of fused-ring (bicyclic) bond motifs is 1. The lowest BCUT2D eigenvalue weighted by atomic mass is 10.0. The second-order valence-electron chi connectivity index (χ2n) is 8.25. The molecule has 5 aromatic rings. The lowest BCUT2D eigenvalue weighted by Gasteiger charge is -2.14. The summed E-state index contributed by atoms with van der Waals surface area (Å²) in [6.07, 6.45) is 0. The number of hydrogen-bond donors (Lipinski definition) is 2. The number of anilines is 2. The highest BCUT2D eigenvalue weighted by Crippen LogP contribution is 2.28. The molecule has 2 amide bonds. The van der Waals surface area contributed by atoms with Gasteiger partial charge in [-0.3, -0.25) is 14.4 Å². The fourth-order valence-corrected chi connectivity index (χ4v) is 4.03. The van der Waals surface area contributed by atoms with Crippen LogP contribution < -0.4 is 16.1 Å². The molecule has 0 aliphatic carbocycles. The second-order valence-corrected chi connectivity index (χ2v) is 8.25. The maximum Gasteiger partial charge on any atom is 0.259 e. The Bertz CT molecular complexity index is 1640. The maximum atomic E-state index is 13.4. The molecule has 0 bridgehead atoms. The van der Waals surface area contributed by atoms with Gasteiger partial charge in [0.15, 0.2) is 11.0 Å². The lowest BCUT2D eigenvalue weighted by Crippen LogP contribution is -2.17. The minimum absolute atomic E-state index is 0.194. The van der Waals surface area contributed by atoms with E-state index >= 15 is 0 Å². The monoisotopic (exact) mass is 474 g/mol. The van der Waals surface area contributed by atoms with Gasteiger partial charge in [-0.1, -0.05) is 66.7 Å². The highest BCUT2D eigenvalue weighted by atomic mass is 16.3. The summed E-state index contributed by atoms with van der Waals surface area (Å²) in [5.41, 5.74) is 2.81. The third-order valence-corrected chi connectivity index (χ3v) is 5.89. The smallest absolute Gasteiger partial charge is 0.259 e. The van der Waals surface area contributed by atoms with Gasteiger partial charge >= 0.3 is 0 Å². The van der Waals surface area contributed by atoms with E-state index in [-0.39, 0.29) is 22.5 Å². The van der Waals surface area contributed by atoms with Gasteiger partial charge in [-0.05, 0) is 43.3 Å². The summed E-state index contributed by atoms with van der Waals surface area (Å²) in [6.45, 7) is 1.71. The van der Waals surface area contributed by atoms with E-state index in [0.717, 1.165) is 5.56 Å². The summed E-state index contributed by atoms with van der Waals surface area (Å²) in [5, 5.41) is 6.02. The first-order chi connectivity index (χ1) is 17.5. The lowest BCUT2D eigenvalue weighted by molar-refractivity contribution is 0.101. The quantitative estimate of drug-likeness (QED) is 0.314. The van der Waals surface area contributed by atoms with Gasteiger partial charge < -0.3 is 15.1 Å². The average molecular weight is 475 g/mol. The molecular formula is C30H22N2O4. The number of hydrogen-bond acceptors (Lipinski definition) is 4. The van der Waals surface area contributed by atoms with Crippen LogP contribution in [0.5, 0.6) is 0 Å². The number of carbonyl (C=O) groups excluding carboxylic acids is 2. The van der Waals surface area contributed by atoms with Crippen LogP contribution in [0.15, 0.2) is 112 Å². The van der Waals surface area contributed by atoms with Crippen molar-refractivity contribution in [2.75, 3.05) is 10.6 Å². The highest BCUT2D eigenvalue weighted by molar-refractivity contribution is 6.14. The molecule has 0 aliphatic heterocycles. The zero-order valence-electron chi connectivity index (χ0n) is 19.4. The van der Waals surface area contributed by atoms with Crippen LogP contribution >= 0.6 is 0 Å². The Hall–Kier alpha value is -4.97. The topological polar surface area (TPSA) is 88.4 Å². The Morgan fingerprint density at radius 2 is 1.25 bits per heavy atom. The number of benzene rings is 4. The fourth-order valence-electron chi connectivity index (χ4n) is 4.03. The maximum absolute atomic E-state index is 13.4. The minimum atomic E-state index is -0.465. The number of carbonyl (C=O) groups is 2. The predicted molar refractivity (Wildman–Crippen MR) is 141 cm³/mol. The van der Waals surface area contributed by atoms with E-state index in [1.807, 2.05) is 36.4 Å². The predicted octanol–water partition coefficient (Wildman–Crippen LogP) is 6.27. The van der Waals surface area contributed by atoms with E-state index in [0.29, 0.717) is 33.6 Å². The molecule has 0 spiro atoms. The Balaban J connectivity index is 1.51. The summed E-state index contributed by atoms with van der Waals surface area (Å²) in [6, 6.07) is 29.9. The van der Waals surface area contributed by atoms with E-state index < -0.39 is 5.91 Å². The molecule has 0 atom stereocenters. The Kier molecular flexibility index (Phi) is 6.16. The van der Waals surface area contributed by atoms with Gasteiger partial charge in [-0.2, -0.15) is 0 Å². The zero-order chi connectivity index (χ0) is 25.1. The van der Waals surface area contributed by atoms with Gasteiger partial charge in [0.1, 0.15) is 5.76 Å². The highest BCUT2D eigenvalue weighted by Gasteiger charge is 2.19.